The zero-order valence-electron chi connectivity index (χ0n) is 15.7. The highest BCUT2D eigenvalue weighted by Crippen LogP contribution is 2.42. The molecule has 0 N–H and O–H groups in total. The van der Waals surface area contributed by atoms with Crippen LogP contribution in [-0.4, -0.2) is 6.10 Å². The molecule has 1 atom stereocenters. The average Bonchev–Trinajstić information content (AvgIpc) is 2.64. The van der Waals surface area contributed by atoms with Crippen molar-refractivity contribution in [2.24, 2.45) is 0 Å². The van der Waals surface area contributed by atoms with E-state index in [4.69, 9.17) is 13.6 Å². The molecule has 1 aromatic carbocycles. The Labute approximate surface area is 156 Å². The largest absolute Gasteiger partial charge is 0.485 e. The van der Waals surface area contributed by atoms with Crippen LogP contribution < -0.4 is 15.8 Å². The third-order valence-corrected chi connectivity index (χ3v) is 4.91. The predicted octanol–water partition coefficient (Wildman–Crippen LogP) is 4.53. The Morgan fingerprint density at radius 1 is 1.11 bits per heavy atom. The molecule has 0 bridgehead atoms. The van der Waals surface area contributed by atoms with Crippen LogP contribution in [-0.2, 0) is 6.42 Å². The third-order valence-electron chi connectivity index (χ3n) is 4.91. The summed E-state index contributed by atoms with van der Waals surface area (Å²) in [5.74, 6) is 0.605. The minimum absolute atomic E-state index is 0.0678. The summed E-state index contributed by atoms with van der Waals surface area (Å²) in [5.41, 5.74) is 1.71. The molecule has 1 aliphatic heterocycles. The number of fused-ring (bicyclic) bond motifs is 6. The molecule has 5 nitrogen and oxygen atoms in total. The van der Waals surface area contributed by atoms with E-state index < -0.39 is 5.63 Å². The van der Waals surface area contributed by atoms with Crippen molar-refractivity contribution in [3.8, 4) is 5.75 Å². The van der Waals surface area contributed by atoms with Crippen LogP contribution in [0, 0.1) is 13.0 Å². The van der Waals surface area contributed by atoms with Gasteiger partial charge in [-0.3, -0.25) is 4.79 Å². The molecule has 1 radical (unpaired) electrons. The van der Waals surface area contributed by atoms with Crippen molar-refractivity contribution < 1.29 is 13.6 Å². The lowest BCUT2D eigenvalue weighted by atomic mass is 9.96. The lowest BCUT2D eigenvalue weighted by Crippen LogP contribution is -2.18. The van der Waals surface area contributed by atoms with Crippen molar-refractivity contribution >= 4 is 28.0 Å². The fourth-order valence-electron chi connectivity index (χ4n) is 3.66. The Kier molecular flexibility index (Phi) is 4.38. The highest BCUT2D eigenvalue weighted by atomic mass is 16.5. The fraction of sp³-hybridized carbons (Fsp3) is 0.364. The Hall–Kier alpha value is -2.82. The molecule has 5 heteroatoms. The Balaban J connectivity index is 2.21. The Morgan fingerprint density at radius 3 is 2.67 bits per heavy atom. The molecule has 0 saturated carbocycles. The van der Waals surface area contributed by atoms with Crippen LogP contribution in [0.5, 0.6) is 5.75 Å². The van der Waals surface area contributed by atoms with Gasteiger partial charge in [0.05, 0.1) is 23.3 Å². The topological polar surface area (TPSA) is 69.7 Å². The summed E-state index contributed by atoms with van der Waals surface area (Å²) in [6.07, 6.45) is 8.62. The molecule has 0 aliphatic carbocycles. The summed E-state index contributed by atoms with van der Waals surface area (Å²) < 4.78 is 17.5. The first kappa shape index (κ1) is 17.6. The second kappa shape index (κ2) is 6.72. The van der Waals surface area contributed by atoms with Crippen molar-refractivity contribution in [2.45, 2.75) is 52.6 Å². The van der Waals surface area contributed by atoms with E-state index in [2.05, 4.69) is 13.0 Å². The van der Waals surface area contributed by atoms with E-state index in [0.29, 0.717) is 39.8 Å². The second-order valence-corrected chi connectivity index (χ2v) is 6.95. The number of hydrogen-bond donors (Lipinski definition) is 0. The van der Waals surface area contributed by atoms with E-state index in [-0.39, 0.29) is 22.5 Å². The minimum atomic E-state index is -0.593. The van der Waals surface area contributed by atoms with E-state index in [1.165, 1.54) is 6.26 Å². The number of ether oxygens (including phenoxy) is 1. The van der Waals surface area contributed by atoms with Crippen LogP contribution in [0.4, 0.5) is 0 Å². The van der Waals surface area contributed by atoms with Crippen LogP contribution in [0.3, 0.4) is 0 Å². The van der Waals surface area contributed by atoms with E-state index in [0.717, 1.165) is 19.3 Å². The van der Waals surface area contributed by atoms with Gasteiger partial charge in [-0.15, -0.1) is 0 Å². The predicted molar refractivity (Wildman–Crippen MR) is 104 cm³/mol. The summed E-state index contributed by atoms with van der Waals surface area (Å²) in [5, 5.41) is 0.941. The molecule has 0 saturated heterocycles. The summed E-state index contributed by atoms with van der Waals surface area (Å²) in [7, 11) is 0. The van der Waals surface area contributed by atoms with E-state index in [1.807, 2.05) is 19.1 Å². The first-order valence-electron chi connectivity index (χ1n) is 9.37. The molecule has 0 fully saturated rings. The van der Waals surface area contributed by atoms with Crippen molar-refractivity contribution in [2.75, 3.05) is 0 Å². The van der Waals surface area contributed by atoms with Crippen molar-refractivity contribution in [1.29, 1.82) is 0 Å². The van der Waals surface area contributed by atoms with Crippen molar-refractivity contribution in [3.05, 3.63) is 55.7 Å². The third kappa shape index (κ3) is 2.78. The summed E-state index contributed by atoms with van der Waals surface area (Å²) in [6, 6.07) is 2.79. The van der Waals surface area contributed by atoms with Gasteiger partial charge < -0.3 is 13.6 Å². The number of benzene rings is 1. The van der Waals surface area contributed by atoms with Crippen molar-refractivity contribution in [3.63, 3.8) is 0 Å². The zero-order valence-corrected chi connectivity index (χ0v) is 15.7. The molecule has 0 spiro atoms. The Morgan fingerprint density at radius 2 is 1.93 bits per heavy atom. The van der Waals surface area contributed by atoms with Gasteiger partial charge in [0.25, 0.3) is 0 Å². The lowest BCUT2D eigenvalue weighted by molar-refractivity contribution is 0.236. The van der Waals surface area contributed by atoms with E-state index >= 15 is 0 Å². The molecule has 3 heterocycles. The smallest absolute Gasteiger partial charge is 0.344 e. The summed E-state index contributed by atoms with van der Waals surface area (Å²) >= 11 is 0. The van der Waals surface area contributed by atoms with Crippen LogP contribution in [0.1, 0.15) is 49.8 Å². The first-order chi connectivity index (χ1) is 13.0. The van der Waals surface area contributed by atoms with Crippen LogP contribution >= 0.6 is 0 Å². The molecular formula is C22H21O5. The number of rotatable bonds is 4. The van der Waals surface area contributed by atoms with Gasteiger partial charge in [0.1, 0.15) is 17.2 Å². The molecule has 139 valence electrons. The molecule has 27 heavy (non-hydrogen) atoms. The maximum absolute atomic E-state index is 12.9. The quantitative estimate of drug-likeness (QED) is 0.502. The molecule has 4 rings (SSSR count). The molecule has 2 aromatic heterocycles. The van der Waals surface area contributed by atoms with Gasteiger partial charge >= 0.3 is 5.63 Å². The molecular weight excluding hydrogens is 344 g/mol. The number of hydrogen-bond acceptors (Lipinski definition) is 5. The van der Waals surface area contributed by atoms with E-state index in [1.54, 1.807) is 6.92 Å². The molecule has 1 unspecified atom stereocenters. The van der Waals surface area contributed by atoms with E-state index in [9.17, 15) is 9.59 Å². The van der Waals surface area contributed by atoms with Gasteiger partial charge in [0.15, 0.2) is 16.6 Å². The molecule has 0 amide bonds. The van der Waals surface area contributed by atoms with Gasteiger partial charge in [-0.2, -0.15) is 0 Å². The molecule has 3 aromatic rings. The monoisotopic (exact) mass is 365 g/mol. The normalized spacial score (nSPS) is 15.9. The first-order valence-corrected chi connectivity index (χ1v) is 9.37. The number of aryl methyl sites for hydroxylation is 2. The van der Waals surface area contributed by atoms with Crippen molar-refractivity contribution in [1.82, 2.24) is 0 Å². The summed E-state index contributed by atoms with van der Waals surface area (Å²) in [4.78, 5) is 25.0. The van der Waals surface area contributed by atoms with Gasteiger partial charge in [0, 0.05) is 5.56 Å². The van der Waals surface area contributed by atoms with Gasteiger partial charge in [0.2, 0.25) is 0 Å². The maximum Gasteiger partial charge on any atom is 0.344 e. The standard InChI is InChI=1S/C22H21O5/c1-4-6-13-10-16(23)27-22-17(13)21-15(9-8-14(26-21)7-5-2)20-18(22)19(24)12(3)11-25-20/h8-9,11,14H,4-7H2,1-3H3. The minimum Gasteiger partial charge on any atom is -0.485 e. The highest BCUT2D eigenvalue weighted by molar-refractivity contribution is 6.10. The summed E-state index contributed by atoms with van der Waals surface area (Å²) in [6.45, 7) is 5.81. The second-order valence-electron chi connectivity index (χ2n) is 6.95. The van der Waals surface area contributed by atoms with Gasteiger partial charge in [-0.1, -0.05) is 26.7 Å². The van der Waals surface area contributed by atoms with Gasteiger partial charge in [-0.05, 0) is 37.5 Å². The fourth-order valence-corrected chi connectivity index (χ4v) is 3.66. The average molecular weight is 365 g/mol. The zero-order chi connectivity index (χ0) is 19.1. The maximum atomic E-state index is 12.9. The highest BCUT2D eigenvalue weighted by Gasteiger charge is 2.27. The lowest BCUT2D eigenvalue weighted by Gasteiger charge is -2.24. The van der Waals surface area contributed by atoms with Crippen LogP contribution in [0.15, 0.2) is 30.8 Å². The van der Waals surface area contributed by atoms with Gasteiger partial charge in [-0.25, -0.2) is 4.79 Å². The van der Waals surface area contributed by atoms with Crippen LogP contribution in [0.2, 0.25) is 0 Å². The Bertz CT molecular complexity index is 1180. The van der Waals surface area contributed by atoms with Crippen LogP contribution in [0.25, 0.3) is 28.0 Å². The molecule has 1 aliphatic rings. The SMILES string of the molecule is CCCc1[c]c(=O)oc2c1c1c(c3occ(C)c(=O)c32)C=CC(CCC)O1.